The highest BCUT2D eigenvalue weighted by atomic mass is 19.4. The van der Waals surface area contributed by atoms with E-state index in [0.717, 1.165) is 0 Å². The lowest BCUT2D eigenvalue weighted by Crippen LogP contribution is -2.56. The number of aliphatic carboxylic acids is 1. The van der Waals surface area contributed by atoms with Gasteiger partial charge in [-0.3, -0.25) is 4.79 Å². The third kappa shape index (κ3) is 5.24. The first-order valence-electron chi connectivity index (χ1n) is 5.96. The Balaban J connectivity index is 2.79. The van der Waals surface area contributed by atoms with Crippen molar-refractivity contribution in [2.75, 3.05) is 32.8 Å². The van der Waals surface area contributed by atoms with Gasteiger partial charge in [-0.25, -0.2) is 4.79 Å². The van der Waals surface area contributed by atoms with Crippen LogP contribution in [-0.4, -0.2) is 71.5 Å². The smallest absolute Gasteiger partial charge is 0.406 e. The summed E-state index contributed by atoms with van der Waals surface area (Å²) in [6, 6.07) is -0.943. The maximum absolute atomic E-state index is 12.4. The molecule has 0 aromatic carbocycles. The minimum atomic E-state index is -4.65. The van der Waals surface area contributed by atoms with Gasteiger partial charge < -0.3 is 19.6 Å². The quantitative estimate of drug-likeness (QED) is 0.849. The van der Waals surface area contributed by atoms with Crippen molar-refractivity contribution < 1.29 is 32.6 Å². The maximum Gasteiger partial charge on any atom is 0.406 e. The first-order chi connectivity index (χ1) is 9.00. The lowest BCUT2D eigenvalue weighted by atomic mass is 10.1. The second kappa shape index (κ2) is 5.86. The molecule has 1 saturated heterocycles. The fourth-order valence-corrected chi connectivity index (χ4v) is 1.95. The van der Waals surface area contributed by atoms with Gasteiger partial charge in [-0.2, -0.15) is 13.2 Å². The molecule has 2 amide bonds. The molecule has 1 rings (SSSR count). The van der Waals surface area contributed by atoms with Crippen LogP contribution in [0.5, 0.6) is 0 Å². The van der Waals surface area contributed by atoms with E-state index in [-0.39, 0.29) is 24.6 Å². The Morgan fingerprint density at radius 1 is 1.40 bits per heavy atom. The predicted molar refractivity (Wildman–Crippen MR) is 62.3 cm³/mol. The zero-order valence-corrected chi connectivity index (χ0v) is 11.2. The molecule has 0 saturated carbocycles. The minimum Gasteiger partial charge on any atom is -0.480 e. The van der Waals surface area contributed by atoms with Crippen LogP contribution >= 0.6 is 0 Å². The highest BCUT2D eigenvalue weighted by Crippen LogP contribution is 2.21. The third-order valence-corrected chi connectivity index (χ3v) is 2.66. The Hall–Kier alpha value is -1.51. The van der Waals surface area contributed by atoms with E-state index in [1.807, 2.05) is 0 Å². The summed E-state index contributed by atoms with van der Waals surface area (Å²) >= 11 is 0. The van der Waals surface area contributed by atoms with Crippen molar-refractivity contribution in [1.82, 2.24) is 9.80 Å². The van der Waals surface area contributed by atoms with Gasteiger partial charge in [0, 0.05) is 6.54 Å². The van der Waals surface area contributed by atoms with Crippen molar-refractivity contribution in [2.24, 2.45) is 0 Å². The molecule has 0 unspecified atom stereocenters. The number of morpholine rings is 1. The van der Waals surface area contributed by atoms with Crippen LogP contribution in [-0.2, 0) is 9.53 Å². The zero-order valence-electron chi connectivity index (χ0n) is 11.2. The molecule has 0 spiro atoms. The second-order valence-corrected chi connectivity index (χ2v) is 5.18. The summed E-state index contributed by atoms with van der Waals surface area (Å²) in [6.07, 6.45) is -4.65. The van der Waals surface area contributed by atoms with E-state index in [4.69, 9.17) is 9.84 Å². The molecule has 1 aliphatic heterocycles. The number of alkyl halides is 3. The summed E-state index contributed by atoms with van der Waals surface area (Å²) in [6.45, 7) is 1.28. The number of carbonyl (C=O) groups excluding carboxylic acids is 1. The van der Waals surface area contributed by atoms with Crippen molar-refractivity contribution in [2.45, 2.75) is 25.6 Å². The number of amides is 2. The Kier molecular flexibility index (Phi) is 4.85. The maximum atomic E-state index is 12.4. The number of rotatable bonds is 3. The minimum absolute atomic E-state index is 0.111. The zero-order chi connectivity index (χ0) is 15.6. The van der Waals surface area contributed by atoms with E-state index in [2.05, 4.69) is 0 Å². The summed E-state index contributed by atoms with van der Waals surface area (Å²) in [4.78, 5) is 24.1. The molecule has 1 N–H and O–H groups in total. The van der Waals surface area contributed by atoms with Crippen LogP contribution in [0, 0.1) is 0 Å². The molecule has 20 heavy (non-hydrogen) atoms. The average Bonchev–Trinajstić information content (AvgIpc) is 2.23. The molecule has 9 heteroatoms. The standard InChI is InChI=1S/C11H17F3N2O4/c1-10(2)6-15(3-4-20-10)9(19)16(5-8(17)18)7-11(12,13)14/h3-7H2,1-2H3,(H,17,18). The van der Waals surface area contributed by atoms with E-state index >= 15 is 0 Å². The summed E-state index contributed by atoms with van der Waals surface area (Å²) < 4.78 is 42.6. The number of carbonyl (C=O) groups is 2. The van der Waals surface area contributed by atoms with Gasteiger partial charge in [0.15, 0.2) is 0 Å². The van der Waals surface area contributed by atoms with Crippen molar-refractivity contribution in [3.63, 3.8) is 0 Å². The monoisotopic (exact) mass is 298 g/mol. The first kappa shape index (κ1) is 16.5. The van der Waals surface area contributed by atoms with Gasteiger partial charge in [0.05, 0.1) is 18.8 Å². The van der Waals surface area contributed by atoms with Crippen LogP contribution in [0.2, 0.25) is 0 Å². The molecular weight excluding hydrogens is 281 g/mol. The molecule has 0 aromatic rings. The van der Waals surface area contributed by atoms with Crippen LogP contribution in [0.4, 0.5) is 18.0 Å². The van der Waals surface area contributed by atoms with Gasteiger partial charge in [-0.1, -0.05) is 0 Å². The molecule has 0 radical (unpaired) electrons. The van der Waals surface area contributed by atoms with E-state index in [1.54, 1.807) is 13.8 Å². The lowest BCUT2D eigenvalue weighted by molar-refractivity contribution is -0.151. The van der Waals surface area contributed by atoms with E-state index < -0.39 is 36.9 Å². The summed E-state index contributed by atoms with van der Waals surface area (Å²) in [5.41, 5.74) is -0.666. The summed E-state index contributed by atoms with van der Waals surface area (Å²) in [7, 11) is 0. The molecule has 1 heterocycles. The van der Waals surface area contributed by atoms with Gasteiger partial charge >= 0.3 is 18.2 Å². The summed E-state index contributed by atoms with van der Waals surface area (Å²) in [5, 5.41) is 8.63. The van der Waals surface area contributed by atoms with Crippen molar-refractivity contribution in [3.05, 3.63) is 0 Å². The number of hydrogen-bond acceptors (Lipinski definition) is 3. The molecule has 116 valence electrons. The molecule has 0 aromatic heterocycles. The molecule has 6 nitrogen and oxygen atoms in total. The topological polar surface area (TPSA) is 70.1 Å². The van der Waals surface area contributed by atoms with Crippen LogP contribution in [0.15, 0.2) is 0 Å². The number of carboxylic acids is 1. The van der Waals surface area contributed by atoms with Crippen LogP contribution in [0.1, 0.15) is 13.8 Å². The van der Waals surface area contributed by atoms with E-state index in [1.165, 1.54) is 4.90 Å². The van der Waals surface area contributed by atoms with Crippen LogP contribution in [0.25, 0.3) is 0 Å². The third-order valence-electron chi connectivity index (χ3n) is 2.66. The van der Waals surface area contributed by atoms with Gasteiger partial charge in [0.25, 0.3) is 0 Å². The van der Waals surface area contributed by atoms with Crippen LogP contribution in [0.3, 0.4) is 0 Å². The largest absolute Gasteiger partial charge is 0.480 e. The van der Waals surface area contributed by atoms with Gasteiger partial charge in [-0.15, -0.1) is 0 Å². The van der Waals surface area contributed by atoms with Crippen LogP contribution < -0.4 is 0 Å². The van der Waals surface area contributed by atoms with Crippen molar-refractivity contribution >= 4 is 12.0 Å². The van der Waals surface area contributed by atoms with Gasteiger partial charge in [-0.05, 0) is 13.8 Å². The SMILES string of the molecule is CC1(C)CN(C(=O)N(CC(=O)O)CC(F)(F)F)CCO1. The Bertz CT molecular complexity index is 384. The molecular formula is C11H17F3N2O4. The second-order valence-electron chi connectivity index (χ2n) is 5.18. The highest BCUT2D eigenvalue weighted by molar-refractivity contribution is 5.80. The normalized spacial score (nSPS) is 18.8. The van der Waals surface area contributed by atoms with Gasteiger partial charge in [0.2, 0.25) is 0 Å². The highest BCUT2D eigenvalue weighted by Gasteiger charge is 2.38. The Morgan fingerprint density at radius 2 is 2.00 bits per heavy atom. The molecule has 0 bridgehead atoms. The van der Waals surface area contributed by atoms with Crippen molar-refractivity contribution in [3.8, 4) is 0 Å². The summed E-state index contributed by atoms with van der Waals surface area (Å²) in [5.74, 6) is -1.49. The average molecular weight is 298 g/mol. The van der Waals surface area contributed by atoms with E-state index in [0.29, 0.717) is 0 Å². The fourth-order valence-electron chi connectivity index (χ4n) is 1.95. The number of carboxylic acid groups (broad SMARTS) is 1. The Morgan fingerprint density at radius 3 is 2.45 bits per heavy atom. The molecule has 0 aliphatic carbocycles. The predicted octanol–water partition coefficient (Wildman–Crippen LogP) is 1.17. The number of halogens is 3. The number of urea groups is 1. The first-order valence-corrected chi connectivity index (χ1v) is 5.96. The van der Waals surface area contributed by atoms with E-state index in [9.17, 15) is 22.8 Å². The van der Waals surface area contributed by atoms with Gasteiger partial charge in [0.1, 0.15) is 13.1 Å². The fraction of sp³-hybridized carbons (Fsp3) is 0.818. The number of ether oxygens (including phenoxy) is 1. The molecule has 1 fully saturated rings. The van der Waals surface area contributed by atoms with Crippen molar-refractivity contribution in [1.29, 1.82) is 0 Å². The number of hydrogen-bond donors (Lipinski definition) is 1. The number of nitrogens with zero attached hydrogens (tertiary/aromatic N) is 2. The molecule has 0 atom stereocenters. The lowest BCUT2D eigenvalue weighted by Gasteiger charge is -2.40. The molecule has 1 aliphatic rings. The Labute approximate surface area is 114 Å².